The maximum Gasteiger partial charge on any atom is 0.0934 e. The van der Waals surface area contributed by atoms with Crippen LogP contribution in [0.25, 0.3) is 0 Å². The van der Waals surface area contributed by atoms with Gasteiger partial charge in [0.1, 0.15) is 0 Å². The molecule has 1 aromatic rings. The first-order valence-electron chi connectivity index (χ1n) is 3.48. The van der Waals surface area contributed by atoms with E-state index >= 15 is 0 Å². The molecule has 1 heterocycles. The van der Waals surface area contributed by atoms with Crippen LogP contribution in [0.2, 0.25) is 0 Å². The summed E-state index contributed by atoms with van der Waals surface area (Å²) in [6, 6.07) is 2.01. The largest absolute Gasteiger partial charge is 0.385 e. The molecule has 0 saturated heterocycles. The Morgan fingerprint density at radius 3 is 2.90 bits per heavy atom. The predicted molar refractivity (Wildman–Crippen MR) is 42.0 cm³/mol. The molecule has 1 saturated carbocycles. The molecule has 0 aromatic carbocycles. The van der Waals surface area contributed by atoms with Crippen molar-refractivity contribution in [1.29, 1.82) is 0 Å². The molecule has 54 valence electrons. The minimum absolute atomic E-state index is 0.458. The quantitative estimate of drug-likeness (QED) is 0.655. The first-order valence-corrected chi connectivity index (χ1v) is 4.43. The lowest BCUT2D eigenvalue weighted by molar-refractivity contribution is 0.135. The fourth-order valence-corrected chi connectivity index (χ4v) is 2.05. The number of hydrogen-bond donors (Lipinski definition) is 1. The molecular formula is C8H10OS. The van der Waals surface area contributed by atoms with Crippen molar-refractivity contribution in [2.75, 3.05) is 0 Å². The number of thiophene rings is 1. The molecule has 1 fully saturated rings. The Balaban J connectivity index is 2.30. The lowest BCUT2D eigenvalue weighted by Gasteiger charge is -2.04. The van der Waals surface area contributed by atoms with Gasteiger partial charge in [0.2, 0.25) is 0 Å². The summed E-state index contributed by atoms with van der Waals surface area (Å²) in [6.07, 6.45) is 0.934. The highest BCUT2D eigenvalue weighted by atomic mass is 32.1. The first kappa shape index (κ1) is 6.38. The third-order valence-corrected chi connectivity index (χ3v) is 2.98. The second kappa shape index (κ2) is 1.83. The van der Waals surface area contributed by atoms with Gasteiger partial charge in [0.25, 0.3) is 0 Å². The van der Waals surface area contributed by atoms with Gasteiger partial charge in [0, 0.05) is 0 Å². The molecule has 2 unspecified atom stereocenters. The Morgan fingerprint density at radius 1 is 1.80 bits per heavy atom. The van der Waals surface area contributed by atoms with Gasteiger partial charge in [-0.3, -0.25) is 0 Å². The minimum Gasteiger partial charge on any atom is -0.385 e. The SMILES string of the molecule is CC1CC1(O)c1ccsc1. The van der Waals surface area contributed by atoms with Gasteiger partial charge in [-0.15, -0.1) is 0 Å². The topological polar surface area (TPSA) is 20.2 Å². The second-order valence-electron chi connectivity index (χ2n) is 3.04. The van der Waals surface area contributed by atoms with Crippen LogP contribution in [0, 0.1) is 5.92 Å². The van der Waals surface area contributed by atoms with E-state index in [1.54, 1.807) is 11.3 Å². The fourth-order valence-electron chi connectivity index (χ4n) is 1.32. The second-order valence-corrected chi connectivity index (χ2v) is 3.82. The molecule has 1 nitrogen and oxygen atoms in total. The summed E-state index contributed by atoms with van der Waals surface area (Å²) in [6.45, 7) is 2.08. The fraction of sp³-hybridized carbons (Fsp3) is 0.500. The highest BCUT2D eigenvalue weighted by molar-refractivity contribution is 7.08. The third kappa shape index (κ3) is 0.724. The average molecular weight is 154 g/mol. The molecule has 1 N–H and O–H groups in total. The van der Waals surface area contributed by atoms with Gasteiger partial charge in [-0.05, 0) is 34.7 Å². The highest BCUT2D eigenvalue weighted by Gasteiger charge is 2.50. The normalized spacial score (nSPS) is 38.0. The number of hydrogen-bond acceptors (Lipinski definition) is 2. The van der Waals surface area contributed by atoms with E-state index in [1.165, 1.54) is 0 Å². The van der Waals surface area contributed by atoms with E-state index in [-0.39, 0.29) is 0 Å². The van der Waals surface area contributed by atoms with Crippen molar-refractivity contribution >= 4 is 11.3 Å². The van der Waals surface area contributed by atoms with Crippen molar-refractivity contribution in [1.82, 2.24) is 0 Å². The zero-order chi connectivity index (χ0) is 7.19. The van der Waals surface area contributed by atoms with Crippen LogP contribution in [0.1, 0.15) is 18.9 Å². The lowest BCUT2D eigenvalue weighted by atomic mass is 10.1. The molecular weight excluding hydrogens is 144 g/mol. The van der Waals surface area contributed by atoms with Crippen molar-refractivity contribution in [2.45, 2.75) is 18.9 Å². The summed E-state index contributed by atoms with van der Waals surface area (Å²) >= 11 is 1.65. The van der Waals surface area contributed by atoms with Crippen LogP contribution >= 0.6 is 11.3 Å². The van der Waals surface area contributed by atoms with Crippen LogP contribution in [0.4, 0.5) is 0 Å². The Hall–Kier alpha value is -0.340. The number of aliphatic hydroxyl groups is 1. The van der Waals surface area contributed by atoms with E-state index in [4.69, 9.17) is 0 Å². The molecule has 2 rings (SSSR count). The monoisotopic (exact) mass is 154 g/mol. The van der Waals surface area contributed by atoms with E-state index in [0.29, 0.717) is 5.92 Å². The Bertz CT molecular complexity index is 229. The van der Waals surface area contributed by atoms with Gasteiger partial charge in [-0.1, -0.05) is 6.92 Å². The van der Waals surface area contributed by atoms with E-state index in [0.717, 1.165) is 12.0 Å². The van der Waals surface area contributed by atoms with E-state index in [9.17, 15) is 5.11 Å². The predicted octanol–water partition coefficient (Wildman–Crippen LogP) is 1.98. The van der Waals surface area contributed by atoms with Gasteiger partial charge >= 0.3 is 0 Å². The molecule has 10 heavy (non-hydrogen) atoms. The molecule has 0 amide bonds. The third-order valence-electron chi connectivity index (χ3n) is 2.29. The van der Waals surface area contributed by atoms with Crippen molar-refractivity contribution in [3.63, 3.8) is 0 Å². The maximum absolute atomic E-state index is 9.76. The van der Waals surface area contributed by atoms with Gasteiger partial charge < -0.3 is 5.11 Å². The average Bonchev–Trinajstić information content (AvgIpc) is 2.35. The van der Waals surface area contributed by atoms with Gasteiger partial charge in [-0.2, -0.15) is 11.3 Å². The van der Waals surface area contributed by atoms with E-state index < -0.39 is 5.60 Å². The van der Waals surface area contributed by atoms with Crippen LogP contribution < -0.4 is 0 Å². The molecule has 0 spiro atoms. The molecule has 2 heteroatoms. The summed E-state index contributed by atoms with van der Waals surface area (Å²) in [4.78, 5) is 0. The van der Waals surface area contributed by atoms with Crippen molar-refractivity contribution in [3.8, 4) is 0 Å². The highest BCUT2D eigenvalue weighted by Crippen LogP contribution is 2.51. The Kier molecular flexibility index (Phi) is 1.17. The summed E-state index contributed by atoms with van der Waals surface area (Å²) in [5.74, 6) is 0.460. The van der Waals surface area contributed by atoms with Crippen LogP contribution in [-0.4, -0.2) is 5.11 Å². The summed E-state index contributed by atoms with van der Waals surface area (Å²) in [5.41, 5.74) is 0.644. The summed E-state index contributed by atoms with van der Waals surface area (Å²) in [5, 5.41) is 13.8. The van der Waals surface area contributed by atoms with Crippen molar-refractivity contribution in [3.05, 3.63) is 22.4 Å². The minimum atomic E-state index is -0.458. The van der Waals surface area contributed by atoms with Gasteiger partial charge in [-0.25, -0.2) is 0 Å². The molecule has 1 aliphatic carbocycles. The number of rotatable bonds is 1. The van der Waals surface area contributed by atoms with Crippen LogP contribution in [0.5, 0.6) is 0 Å². The maximum atomic E-state index is 9.76. The van der Waals surface area contributed by atoms with Crippen molar-refractivity contribution < 1.29 is 5.11 Å². The lowest BCUT2D eigenvalue weighted by Crippen LogP contribution is -2.04. The van der Waals surface area contributed by atoms with Gasteiger partial charge in [0.05, 0.1) is 5.60 Å². The van der Waals surface area contributed by atoms with E-state index in [1.807, 2.05) is 16.8 Å². The zero-order valence-electron chi connectivity index (χ0n) is 5.87. The van der Waals surface area contributed by atoms with Crippen LogP contribution in [0.3, 0.4) is 0 Å². The van der Waals surface area contributed by atoms with Crippen LogP contribution in [-0.2, 0) is 5.60 Å². The first-order chi connectivity index (χ1) is 4.73. The Morgan fingerprint density at radius 2 is 2.50 bits per heavy atom. The molecule has 1 aliphatic rings. The zero-order valence-corrected chi connectivity index (χ0v) is 6.69. The molecule has 0 radical (unpaired) electrons. The van der Waals surface area contributed by atoms with Gasteiger partial charge in [0.15, 0.2) is 0 Å². The molecule has 0 aliphatic heterocycles. The van der Waals surface area contributed by atoms with Crippen LogP contribution in [0.15, 0.2) is 16.8 Å². The molecule has 2 atom stereocenters. The molecule has 1 aromatic heterocycles. The molecule has 0 bridgehead atoms. The summed E-state index contributed by atoms with van der Waals surface area (Å²) < 4.78 is 0. The standard InChI is InChI=1S/C8H10OS/c1-6-4-8(6,9)7-2-3-10-5-7/h2-3,5-6,9H,4H2,1H3. The summed E-state index contributed by atoms with van der Waals surface area (Å²) in [7, 11) is 0. The van der Waals surface area contributed by atoms with E-state index in [2.05, 4.69) is 6.92 Å². The smallest absolute Gasteiger partial charge is 0.0934 e. The Labute approximate surface area is 64.3 Å². The van der Waals surface area contributed by atoms with Crippen molar-refractivity contribution in [2.24, 2.45) is 5.92 Å².